The van der Waals surface area contributed by atoms with Gasteiger partial charge in [0.05, 0.1) is 6.42 Å². The van der Waals surface area contributed by atoms with E-state index in [2.05, 4.69) is 15.9 Å². The maximum Gasteiger partial charge on any atom is 0.307 e. The average Bonchev–Trinajstić information content (AvgIpc) is 2.39. The molecule has 0 amide bonds. The lowest BCUT2D eigenvalue weighted by atomic mass is 10.1. The lowest BCUT2D eigenvalue weighted by Gasteiger charge is -2.06. The molecular formula is C15H14BrNO2S. The fraction of sp³-hybridized carbons (Fsp3) is 0.133. The van der Waals surface area contributed by atoms with Crippen molar-refractivity contribution in [3.05, 3.63) is 58.1 Å². The first kappa shape index (κ1) is 14.9. The van der Waals surface area contributed by atoms with Gasteiger partial charge in [-0.25, -0.2) is 0 Å². The van der Waals surface area contributed by atoms with E-state index in [0.717, 1.165) is 31.9 Å². The molecule has 0 fully saturated rings. The van der Waals surface area contributed by atoms with E-state index >= 15 is 0 Å². The molecule has 0 atom stereocenters. The SMILES string of the molecule is Nc1ccc(SCc2ccc(CC(=O)O)cc2)c(Br)c1. The van der Waals surface area contributed by atoms with Crippen LogP contribution in [0.1, 0.15) is 11.1 Å². The number of thioether (sulfide) groups is 1. The lowest BCUT2D eigenvalue weighted by Crippen LogP contribution is -1.99. The van der Waals surface area contributed by atoms with Crippen LogP contribution in [-0.2, 0) is 17.0 Å². The minimum absolute atomic E-state index is 0.0664. The molecule has 0 saturated carbocycles. The third-order valence-corrected chi connectivity index (χ3v) is 4.79. The fourth-order valence-corrected chi connectivity index (χ4v) is 3.34. The average molecular weight is 352 g/mol. The van der Waals surface area contributed by atoms with Gasteiger partial charge in [-0.1, -0.05) is 24.3 Å². The number of carboxylic acids is 1. The third kappa shape index (κ3) is 4.28. The van der Waals surface area contributed by atoms with Crippen LogP contribution in [0.25, 0.3) is 0 Å². The van der Waals surface area contributed by atoms with Crippen LogP contribution in [0.15, 0.2) is 51.8 Å². The van der Waals surface area contributed by atoms with Gasteiger partial charge in [-0.2, -0.15) is 0 Å². The largest absolute Gasteiger partial charge is 0.481 e. The molecule has 3 N–H and O–H groups in total. The van der Waals surface area contributed by atoms with Crippen LogP contribution < -0.4 is 5.73 Å². The van der Waals surface area contributed by atoms with Crippen molar-refractivity contribution in [2.24, 2.45) is 0 Å². The summed E-state index contributed by atoms with van der Waals surface area (Å²) in [5.41, 5.74) is 8.42. The molecule has 0 saturated heterocycles. The molecule has 104 valence electrons. The number of halogens is 1. The molecule has 20 heavy (non-hydrogen) atoms. The van der Waals surface area contributed by atoms with E-state index < -0.39 is 5.97 Å². The quantitative estimate of drug-likeness (QED) is 0.632. The summed E-state index contributed by atoms with van der Waals surface area (Å²) in [5, 5.41) is 8.72. The highest BCUT2D eigenvalue weighted by Gasteiger charge is 2.03. The minimum atomic E-state index is -0.807. The van der Waals surface area contributed by atoms with Crippen LogP contribution in [0.3, 0.4) is 0 Å². The van der Waals surface area contributed by atoms with Crippen molar-refractivity contribution in [3.63, 3.8) is 0 Å². The Kier molecular flexibility index (Phi) is 5.09. The number of nitrogens with two attached hydrogens (primary N) is 1. The van der Waals surface area contributed by atoms with Gasteiger partial charge in [0, 0.05) is 20.8 Å². The van der Waals surface area contributed by atoms with Crippen molar-refractivity contribution in [3.8, 4) is 0 Å². The molecule has 3 nitrogen and oxygen atoms in total. The Morgan fingerprint density at radius 1 is 1.15 bits per heavy atom. The Hall–Kier alpha value is -1.46. The predicted molar refractivity (Wildman–Crippen MR) is 85.9 cm³/mol. The number of carbonyl (C=O) groups is 1. The van der Waals surface area contributed by atoms with Crippen LogP contribution in [-0.4, -0.2) is 11.1 Å². The molecule has 0 unspecified atom stereocenters. The van der Waals surface area contributed by atoms with Crippen molar-refractivity contribution >= 4 is 39.3 Å². The molecule has 0 aliphatic heterocycles. The minimum Gasteiger partial charge on any atom is -0.481 e. The zero-order valence-electron chi connectivity index (χ0n) is 10.7. The molecule has 0 bridgehead atoms. The molecule has 2 aromatic rings. The second kappa shape index (κ2) is 6.81. The highest BCUT2D eigenvalue weighted by molar-refractivity contribution is 9.10. The number of anilines is 1. The van der Waals surface area contributed by atoms with Gasteiger partial charge in [-0.3, -0.25) is 4.79 Å². The van der Waals surface area contributed by atoms with Crippen molar-refractivity contribution < 1.29 is 9.90 Å². The van der Waals surface area contributed by atoms with Gasteiger partial charge in [0.25, 0.3) is 0 Å². The number of carboxylic acid groups (broad SMARTS) is 1. The summed E-state index contributed by atoms with van der Waals surface area (Å²) in [6.07, 6.45) is 0.0664. The van der Waals surface area contributed by atoms with E-state index in [-0.39, 0.29) is 6.42 Å². The number of rotatable bonds is 5. The summed E-state index contributed by atoms with van der Waals surface area (Å²) in [7, 11) is 0. The molecule has 0 aromatic heterocycles. The van der Waals surface area contributed by atoms with Crippen molar-refractivity contribution in [2.45, 2.75) is 17.1 Å². The third-order valence-electron chi connectivity index (χ3n) is 2.73. The maximum absolute atomic E-state index is 10.6. The molecule has 0 aliphatic rings. The second-order valence-electron chi connectivity index (χ2n) is 4.37. The van der Waals surface area contributed by atoms with Gasteiger partial charge < -0.3 is 10.8 Å². The monoisotopic (exact) mass is 351 g/mol. The normalized spacial score (nSPS) is 10.4. The van der Waals surface area contributed by atoms with Crippen LogP contribution in [0.5, 0.6) is 0 Å². The van der Waals surface area contributed by atoms with Gasteiger partial charge in [-0.05, 0) is 45.3 Å². The lowest BCUT2D eigenvalue weighted by molar-refractivity contribution is -0.136. The van der Waals surface area contributed by atoms with Crippen LogP contribution in [0.2, 0.25) is 0 Å². The summed E-state index contributed by atoms with van der Waals surface area (Å²) < 4.78 is 0.991. The number of aliphatic carboxylic acids is 1. The number of hydrogen-bond donors (Lipinski definition) is 2. The van der Waals surface area contributed by atoms with Crippen LogP contribution in [0.4, 0.5) is 5.69 Å². The Morgan fingerprint density at radius 3 is 2.40 bits per heavy atom. The highest BCUT2D eigenvalue weighted by atomic mass is 79.9. The first-order chi connectivity index (χ1) is 9.54. The molecule has 2 aromatic carbocycles. The van der Waals surface area contributed by atoms with E-state index in [9.17, 15) is 4.79 Å². The van der Waals surface area contributed by atoms with Gasteiger partial charge in [0.15, 0.2) is 0 Å². The molecule has 5 heteroatoms. The molecule has 0 radical (unpaired) electrons. The topological polar surface area (TPSA) is 63.3 Å². The summed E-state index contributed by atoms with van der Waals surface area (Å²) in [4.78, 5) is 11.7. The van der Waals surface area contributed by atoms with Crippen molar-refractivity contribution in [1.29, 1.82) is 0 Å². The van der Waals surface area contributed by atoms with E-state index in [1.807, 2.05) is 42.5 Å². The van der Waals surface area contributed by atoms with E-state index in [4.69, 9.17) is 10.8 Å². The van der Waals surface area contributed by atoms with E-state index in [0.29, 0.717) is 0 Å². The Labute approximate surface area is 130 Å². The highest BCUT2D eigenvalue weighted by Crippen LogP contribution is 2.31. The van der Waals surface area contributed by atoms with E-state index in [1.165, 1.54) is 0 Å². The zero-order chi connectivity index (χ0) is 14.5. The van der Waals surface area contributed by atoms with Crippen LogP contribution in [0, 0.1) is 0 Å². The Morgan fingerprint density at radius 2 is 1.80 bits per heavy atom. The summed E-state index contributed by atoms with van der Waals surface area (Å²) in [6.45, 7) is 0. The molecular weight excluding hydrogens is 338 g/mol. The van der Waals surface area contributed by atoms with Gasteiger partial charge in [0.2, 0.25) is 0 Å². The van der Waals surface area contributed by atoms with E-state index in [1.54, 1.807) is 11.8 Å². The first-order valence-corrected chi connectivity index (χ1v) is 7.80. The Balaban J connectivity index is 1.98. The number of nitrogen functional groups attached to an aromatic ring is 1. The summed E-state index contributed by atoms with van der Waals surface area (Å²) >= 11 is 5.20. The summed E-state index contributed by atoms with van der Waals surface area (Å²) in [5.74, 6) is 0.0218. The summed E-state index contributed by atoms with van der Waals surface area (Å²) in [6, 6.07) is 13.4. The molecule has 0 aliphatic carbocycles. The smallest absolute Gasteiger partial charge is 0.307 e. The van der Waals surface area contributed by atoms with Crippen LogP contribution >= 0.6 is 27.7 Å². The first-order valence-electron chi connectivity index (χ1n) is 6.02. The predicted octanol–water partition coefficient (Wildman–Crippen LogP) is 3.95. The number of benzene rings is 2. The Bertz CT molecular complexity index is 614. The number of hydrogen-bond acceptors (Lipinski definition) is 3. The van der Waals surface area contributed by atoms with Crippen molar-refractivity contribution in [2.75, 3.05) is 5.73 Å². The molecule has 2 rings (SSSR count). The fourth-order valence-electron chi connectivity index (χ4n) is 1.72. The van der Waals surface area contributed by atoms with Gasteiger partial charge in [0.1, 0.15) is 0 Å². The second-order valence-corrected chi connectivity index (χ2v) is 6.24. The van der Waals surface area contributed by atoms with Gasteiger partial charge >= 0.3 is 5.97 Å². The molecule has 0 spiro atoms. The standard InChI is InChI=1S/C15H14BrNO2S/c16-13-8-12(17)5-6-14(13)20-9-11-3-1-10(2-4-11)7-15(18)19/h1-6,8H,7,9,17H2,(H,18,19). The van der Waals surface area contributed by atoms with Crippen molar-refractivity contribution in [1.82, 2.24) is 0 Å². The molecule has 0 heterocycles. The maximum atomic E-state index is 10.6. The zero-order valence-corrected chi connectivity index (χ0v) is 13.1. The van der Waals surface area contributed by atoms with Gasteiger partial charge in [-0.15, -0.1) is 11.8 Å².